The van der Waals surface area contributed by atoms with Crippen LogP contribution in [-0.4, -0.2) is 17.6 Å². The molecule has 0 saturated heterocycles. The summed E-state index contributed by atoms with van der Waals surface area (Å²) < 4.78 is 7.09. The highest BCUT2D eigenvalue weighted by Crippen LogP contribution is 2.31. The molecular weight excluding hydrogens is 250 g/mol. The van der Waals surface area contributed by atoms with Crippen molar-refractivity contribution in [1.29, 1.82) is 0 Å². The summed E-state index contributed by atoms with van der Waals surface area (Å²) >= 11 is 0. The van der Waals surface area contributed by atoms with Gasteiger partial charge >= 0.3 is 5.97 Å². The van der Waals surface area contributed by atoms with Gasteiger partial charge in [-0.05, 0) is 43.5 Å². The number of hydrogen-bond acceptors (Lipinski definition) is 2. The fourth-order valence-electron chi connectivity index (χ4n) is 2.91. The van der Waals surface area contributed by atoms with E-state index in [1.54, 1.807) is 0 Å². The highest BCUT2D eigenvalue weighted by molar-refractivity contribution is 5.94. The van der Waals surface area contributed by atoms with Crippen LogP contribution in [0.5, 0.6) is 0 Å². The van der Waals surface area contributed by atoms with Crippen LogP contribution in [0.1, 0.15) is 33.7 Å². The molecule has 0 N–H and O–H groups in total. The number of para-hydroxylation sites is 1. The van der Waals surface area contributed by atoms with Crippen molar-refractivity contribution < 1.29 is 9.53 Å². The lowest BCUT2D eigenvalue weighted by Crippen LogP contribution is -2.06. The molecule has 0 aliphatic heterocycles. The van der Waals surface area contributed by atoms with Crippen LogP contribution in [0, 0.1) is 6.92 Å². The SMILES string of the molecule is COC(=O)c1c2c(n(-c3ccccc3)c1C)C=CCC2. The van der Waals surface area contributed by atoms with Crippen LogP contribution in [0.15, 0.2) is 36.4 Å². The molecule has 0 atom stereocenters. The van der Waals surface area contributed by atoms with E-state index in [1.165, 1.54) is 7.11 Å². The number of rotatable bonds is 2. The number of allylic oxidation sites excluding steroid dienone is 1. The van der Waals surface area contributed by atoms with Crippen molar-refractivity contribution in [3.8, 4) is 5.69 Å². The smallest absolute Gasteiger partial charge is 0.339 e. The zero-order valence-electron chi connectivity index (χ0n) is 11.7. The normalized spacial score (nSPS) is 13.1. The van der Waals surface area contributed by atoms with Gasteiger partial charge in [-0.3, -0.25) is 0 Å². The van der Waals surface area contributed by atoms with Gasteiger partial charge in [0.2, 0.25) is 0 Å². The van der Waals surface area contributed by atoms with E-state index in [9.17, 15) is 4.79 Å². The first-order valence-electron chi connectivity index (χ1n) is 6.78. The second-order valence-electron chi connectivity index (χ2n) is 4.93. The number of carbonyl (C=O) groups is 1. The third-order valence-corrected chi connectivity index (χ3v) is 3.79. The molecule has 0 spiro atoms. The third kappa shape index (κ3) is 1.86. The molecule has 3 nitrogen and oxygen atoms in total. The topological polar surface area (TPSA) is 31.2 Å². The predicted molar refractivity (Wildman–Crippen MR) is 79.2 cm³/mol. The van der Waals surface area contributed by atoms with Crippen molar-refractivity contribution in [1.82, 2.24) is 4.57 Å². The maximum Gasteiger partial charge on any atom is 0.339 e. The Balaban J connectivity index is 2.29. The van der Waals surface area contributed by atoms with E-state index in [2.05, 4.69) is 28.9 Å². The molecule has 0 radical (unpaired) electrons. The highest BCUT2D eigenvalue weighted by atomic mass is 16.5. The van der Waals surface area contributed by atoms with E-state index < -0.39 is 0 Å². The summed E-state index contributed by atoms with van der Waals surface area (Å²) in [5.41, 5.74) is 4.93. The predicted octanol–water partition coefficient (Wildman–Crippen LogP) is 3.53. The summed E-state index contributed by atoms with van der Waals surface area (Å²) in [4.78, 5) is 12.1. The highest BCUT2D eigenvalue weighted by Gasteiger charge is 2.25. The van der Waals surface area contributed by atoms with Crippen LogP contribution >= 0.6 is 0 Å². The van der Waals surface area contributed by atoms with Crippen molar-refractivity contribution in [3.05, 3.63) is 58.9 Å². The minimum atomic E-state index is -0.247. The maximum atomic E-state index is 12.1. The Kier molecular flexibility index (Phi) is 3.18. The molecule has 0 unspecified atom stereocenters. The molecule has 3 rings (SSSR count). The van der Waals surface area contributed by atoms with Crippen LogP contribution in [-0.2, 0) is 11.2 Å². The molecule has 2 aromatic rings. The lowest BCUT2D eigenvalue weighted by Gasteiger charge is -2.12. The van der Waals surface area contributed by atoms with Gasteiger partial charge < -0.3 is 9.30 Å². The quantitative estimate of drug-likeness (QED) is 0.779. The van der Waals surface area contributed by atoms with Crippen LogP contribution in [0.3, 0.4) is 0 Å². The van der Waals surface area contributed by atoms with E-state index in [1.807, 2.05) is 25.1 Å². The summed E-state index contributed by atoms with van der Waals surface area (Å²) in [6.07, 6.45) is 6.11. The van der Waals surface area contributed by atoms with Crippen molar-refractivity contribution in [2.24, 2.45) is 0 Å². The van der Waals surface area contributed by atoms with Gasteiger partial charge in [-0.1, -0.05) is 24.3 Å². The van der Waals surface area contributed by atoms with E-state index in [-0.39, 0.29) is 5.97 Å². The van der Waals surface area contributed by atoms with Gasteiger partial charge in [0.25, 0.3) is 0 Å². The fourth-order valence-corrected chi connectivity index (χ4v) is 2.91. The molecule has 20 heavy (non-hydrogen) atoms. The molecule has 1 aromatic heterocycles. The molecule has 1 heterocycles. The van der Waals surface area contributed by atoms with Crippen molar-refractivity contribution in [2.75, 3.05) is 7.11 Å². The summed E-state index contributed by atoms with van der Waals surface area (Å²) in [6, 6.07) is 10.1. The number of nitrogens with zero attached hydrogens (tertiary/aromatic N) is 1. The van der Waals surface area contributed by atoms with E-state index in [0.717, 1.165) is 41.0 Å². The number of fused-ring (bicyclic) bond motifs is 1. The Hall–Kier alpha value is -2.29. The first-order valence-corrected chi connectivity index (χ1v) is 6.78. The van der Waals surface area contributed by atoms with Crippen LogP contribution < -0.4 is 0 Å². The fraction of sp³-hybridized carbons (Fsp3) is 0.235. The molecule has 1 aliphatic rings. The van der Waals surface area contributed by atoms with E-state index in [4.69, 9.17) is 4.74 Å². The number of methoxy groups -OCH3 is 1. The minimum absolute atomic E-state index is 0.247. The lowest BCUT2D eigenvalue weighted by molar-refractivity contribution is 0.0599. The first kappa shape index (κ1) is 12.7. The van der Waals surface area contributed by atoms with Gasteiger partial charge in [0.15, 0.2) is 0 Å². The molecule has 1 aliphatic carbocycles. The lowest BCUT2D eigenvalue weighted by atomic mass is 9.99. The van der Waals surface area contributed by atoms with Gasteiger partial charge in [0.1, 0.15) is 0 Å². The first-order chi connectivity index (χ1) is 9.74. The molecule has 3 heteroatoms. The Labute approximate surface area is 118 Å². The average Bonchev–Trinajstić information content (AvgIpc) is 2.79. The van der Waals surface area contributed by atoms with E-state index >= 15 is 0 Å². The Bertz CT molecular complexity index is 681. The number of carbonyl (C=O) groups excluding carboxylic acids is 1. The molecular formula is C17H17NO2. The minimum Gasteiger partial charge on any atom is -0.465 e. The second kappa shape index (κ2) is 5.00. The van der Waals surface area contributed by atoms with Crippen LogP contribution in [0.2, 0.25) is 0 Å². The van der Waals surface area contributed by atoms with Gasteiger partial charge in [-0.25, -0.2) is 4.79 Å². The summed E-state index contributed by atoms with van der Waals surface area (Å²) in [6.45, 7) is 1.98. The van der Waals surface area contributed by atoms with Gasteiger partial charge in [-0.15, -0.1) is 0 Å². The number of esters is 1. The molecule has 0 fully saturated rings. The summed E-state index contributed by atoms with van der Waals surface area (Å²) in [7, 11) is 1.44. The largest absolute Gasteiger partial charge is 0.465 e. The number of hydrogen-bond donors (Lipinski definition) is 0. The number of benzene rings is 1. The Morgan fingerprint density at radius 1 is 1.25 bits per heavy atom. The van der Waals surface area contributed by atoms with Crippen molar-refractivity contribution in [2.45, 2.75) is 19.8 Å². The molecule has 0 amide bonds. The summed E-state index contributed by atoms with van der Waals surface area (Å²) in [5, 5.41) is 0. The van der Waals surface area contributed by atoms with Crippen LogP contribution in [0.25, 0.3) is 11.8 Å². The monoisotopic (exact) mass is 267 g/mol. The number of aromatic nitrogens is 1. The molecule has 0 bridgehead atoms. The third-order valence-electron chi connectivity index (χ3n) is 3.79. The zero-order valence-corrected chi connectivity index (χ0v) is 11.7. The number of ether oxygens (including phenoxy) is 1. The van der Waals surface area contributed by atoms with Crippen molar-refractivity contribution in [3.63, 3.8) is 0 Å². The standard InChI is InChI=1S/C17H17NO2/c1-12-16(17(19)20-2)14-10-6-7-11-15(14)18(12)13-8-4-3-5-9-13/h3-5,7-9,11H,6,10H2,1-2H3. The van der Waals surface area contributed by atoms with Crippen LogP contribution in [0.4, 0.5) is 0 Å². The van der Waals surface area contributed by atoms with Crippen molar-refractivity contribution >= 4 is 12.0 Å². The Morgan fingerprint density at radius 3 is 2.70 bits per heavy atom. The average molecular weight is 267 g/mol. The molecule has 102 valence electrons. The second-order valence-corrected chi connectivity index (χ2v) is 4.93. The Morgan fingerprint density at radius 2 is 2.00 bits per heavy atom. The maximum absolute atomic E-state index is 12.1. The summed E-state index contributed by atoms with van der Waals surface area (Å²) in [5.74, 6) is -0.247. The molecule has 1 aromatic carbocycles. The van der Waals surface area contributed by atoms with Gasteiger partial charge in [-0.2, -0.15) is 0 Å². The zero-order chi connectivity index (χ0) is 14.1. The van der Waals surface area contributed by atoms with Gasteiger partial charge in [0.05, 0.1) is 12.7 Å². The van der Waals surface area contributed by atoms with Gasteiger partial charge in [0, 0.05) is 17.1 Å². The molecule has 0 saturated carbocycles. The van der Waals surface area contributed by atoms with E-state index in [0.29, 0.717) is 0 Å².